The van der Waals surface area contributed by atoms with Crippen LogP contribution in [-0.4, -0.2) is 19.0 Å². The highest BCUT2D eigenvalue weighted by molar-refractivity contribution is 7.80. The maximum absolute atomic E-state index is 4.74. The summed E-state index contributed by atoms with van der Waals surface area (Å²) in [7, 11) is 0. The number of aryl methyl sites for hydroxylation is 1. The molecule has 3 nitrogen and oxygen atoms in total. The second kappa shape index (κ2) is 5.78. The summed E-state index contributed by atoms with van der Waals surface area (Å²) >= 11 is 4.74. The number of fused-ring (bicyclic) bond motifs is 2. The van der Waals surface area contributed by atoms with Gasteiger partial charge in [0.05, 0.1) is 12.6 Å². The topological polar surface area (TPSA) is 36.4 Å². The molecule has 1 aliphatic heterocycles. The Hall–Kier alpha value is -2.20. The predicted molar refractivity (Wildman–Crippen MR) is 99.1 cm³/mol. The first-order valence-corrected chi connectivity index (χ1v) is 8.33. The molecule has 0 saturated carbocycles. The number of benzene rings is 2. The van der Waals surface area contributed by atoms with Crippen LogP contribution in [0.2, 0.25) is 0 Å². The van der Waals surface area contributed by atoms with Crippen molar-refractivity contribution >= 4 is 30.7 Å². The minimum Gasteiger partial charge on any atom is -0.355 e. The van der Waals surface area contributed by atoms with Crippen LogP contribution in [0.15, 0.2) is 46.3 Å². The fourth-order valence-electron chi connectivity index (χ4n) is 3.21. The van der Waals surface area contributed by atoms with Crippen LogP contribution < -0.4 is 10.6 Å². The third-order valence-corrected chi connectivity index (χ3v) is 5.05. The molecule has 1 heterocycles. The van der Waals surface area contributed by atoms with E-state index in [1.807, 2.05) is 0 Å². The lowest BCUT2D eigenvalue weighted by atomic mass is 9.93. The molecule has 0 aromatic heterocycles. The number of hydrogen-bond acceptors (Lipinski definition) is 4. The lowest BCUT2D eigenvalue weighted by Crippen LogP contribution is -2.37. The number of hydrogen-bond donors (Lipinski definition) is 3. The van der Waals surface area contributed by atoms with Crippen molar-refractivity contribution < 1.29 is 0 Å². The summed E-state index contributed by atoms with van der Waals surface area (Å²) < 4.78 is 0. The maximum Gasteiger partial charge on any atom is 0.192 e. The summed E-state index contributed by atoms with van der Waals surface area (Å²) in [5, 5.41) is 6.89. The van der Waals surface area contributed by atoms with Gasteiger partial charge in [0.1, 0.15) is 0 Å². The van der Waals surface area contributed by atoms with Crippen molar-refractivity contribution in [2.24, 2.45) is 4.99 Å². The minimum absolute atomic E-state index is 0.0621. The monoisotopic (exact) mass is 321 g/mol. The molecule has 1 atom stereocenters. The van der Waals surface area contributed by atoms with Gasteiger partial charge in [0, 0.05) is 11.4 Å². The summed E-state index contributed by atoms with van der Waals surface area (Å²) in [4.78, 5) is 5.54. The lowest BCUT2D eigenvalue weighted by molar-refractivity contribution is 0.739. The Morgan fingerprint density at radius 3 is 2.83 bits per heavy atom. The molecular weight excluding hydrogens is 302 g/mol. The maximum atomic E-state index is 4.74. The van der Waals surface area contributed by atoms with Gasteiger partial charge in [-0.25, -0.2) is 0 Å². The van der Waals surface area contributed by atoms with Crippen molar-refractivity contribution in [2.75, 3.05) is 13.1 Å². The molecule has 2 aromatic carbocycles. The van der Waals surface area contributed by atoms with Gasteiger partial charge in [0.15, 0.2) is 5.96 Å². The van der Waals surface area contributed by atoms with Crippen LogP contribution in [-0.2, 0) is 0 Å². The Kier molecular flexibility index (Phi) is 3.62. The van der Waals surface area contributed by atoms with Crippen molar-refractivity contribution in [1.82, 2.24) is 10.6 Å². The van der Waals surface area contributed by atoms with Gasteiger partial charge in [0.2, 0.25) is 0 Å². The number of nitrogens with zero attached hydrogens (tertiary/aromatic N) is 1. The molecule has 0 fully saturated rings. The van der Waals surface area contributed by atoms with E-state index in [0.717, 1.165) is 23.9 Å². The molecule has 2 aromatic rings. The predicted octanol–water partition coefficient (Wildman–Crippen LogP) is 3.41. The van der Waals surface area contributed by atoms with Gasteiger partial charge >= 0.3 is 0 Å². The smallest absolute Gasteiger partial charge is 0.192 e. The van der Waals surface area contributed by atoms with Crippen LogP contribution >= 0.6 is 12.6 Å². The Balaban J connectivity index is 1.89. The average Bonchev–Trinajstić information content (AvgIpc) is 3.02. The molecule has 2 aliphatic rings. The van der Waals surface area contributed by atoms with Crippen molar-refractivity contribution in [3.05, 3.63) is 64.2 Å². The fourth-order valence-corrected chi connectivity index (χ4v) is 3.49. The zero-order chi connectivity index (χ0) is 15.8. The molecule has 2 N–H and O–H groups in total. The molecule has 0 radical (unpaired) electrons. The third-order valence-electron chi connectivity index (χ3n) is 4.46. The number of nitrogens with one attached hydrogen (secondary N) is 2. The zero-order valence-corrected chi connectivity index (χ0v) is 13.9. The zero-order valence-electron chi connectivity index (χ0n) is 13.0. The van der Waals surface area contributed by atoms with E-state index in [1.54, 1.807) is 0 Å². The summed E-state index contributed by atoms with van der Waals surface area (Å²) in [5.74, 6) is 0.874. The SMILES string of the molecule is Cc1ccc2c(c1S)C=Cc1ccccc1C2NC1=NCCN1. The molecule has 23 heavy (non-hydrogen) atoms. The molecule has 1 unspecified atom stereocenters. The molecule has 4 rings (SSSR count). The van der Waals surface area contributed by atoms with Crippen molar-refractivity contribution in [3.63, 3.8) is 0 Å². The first-order valence-electron chi connectivity index (χ1n) is 7.88. The minimum atomic E-state index is 0.0621. The second-order valence-corrected chi connectivity index (χ2v) is 6.38. The Labute approximate surface area is 141 Å². The number of guanidine groups is 1. The van der Waals surface area contributed by atoms with E-state index in [1.165, 1.54) is 27.8 Å². The molecule has 0 bridgehead atoms. The Morgan fingerprint density at radius 1 is 1.13 bits per heavy atom. The molecular formula is C19H19N3S. The highest BCUT2D eigenvalue weighted by atomic mass is 32.1. The summed E-state index contributed by atoms with van der Waals surface area (Å²) in [5.41, 5.74) is 6.09. The molecule has 116 valence electrons. The number of aliphatic imine (C=N–C) groups is 1. The van der Waals surface area contributed by atoms with Gasteiger partial charge < -0.3 is 10.6 Å². The molecule has 1 aliphatic carbocycles. The van der Waals surface area contributed by atoms with Crippen LogP contribution in [0.1, 0.15) is 33.9 Å². The van der Waals surface area contributed by atoms with Gasteiger partial charge in [-0.1, -0.05) is 48.6 Å². The van der Waals surface area contributed by atoms with Crippen molar-refractivity contribution in [1.29, 1.82) is 0 Å². The van der Waals surface area contributed by atoms with Crippen LogP contribution in [0.25, 0.3) is 12.2 Å². The van der Waals surface area contributed by atoms with E-state index in [0.29, 0.717) is 0 Å². The quantitative estimate of drug-likeness (QED) is 0.704. The van der Waals surface area contributed by atoms with Crippen LogP contribution in [0.3, 0.4) is 0 Å². The van der Waals surface area contributed by atoms with Crippen LogP contribution in [0, 0.1) is 6.92 Å². The van der Waals surface area contributed by atoms with Gasteiger partial charge in [-0.3, -0.25) is 4.99 Å². The fraction of sp³-hybridized carbons (Fsp3) is 0.211. The first kappa shape index (κ1) is 14.4. The highest BCUT2D eigenvalue weighted by Gasteiger charge is 2.24. The summed E-state index contributed by atoms with van der Waals surface area (Å²) in [6, 6.07) is 12.9. The van der Waals surface area contributed by atoms with Gasteiger partial charge in [-0.15, -0.1) is 12.6 Å². The van der Waals surface area contributed by atoms with E-state index in [9.17, 15) is 0 Å². The van der Waals surface area contributed by atoms with Crippen LogP contribution in [0.4, 0.5) is 0 Å². The molecule has 0 saturated heterocycles. The Morgan fingerprint density at radius 2 is 2.00 bits per heavy atom. The van der Waals surface area contributed by atoms with E-state index < -0.39 is 0 Å². The van der Waals surface area contributed by atoms with Gasteiger partial charge in [0.25, 0.3) is 0 Å². The standard InChI is InChI=1S/C19H19N3S/c1-12-6-8-15-16(18(12)23)9-7-13-4-2-3-5-14(13)17(15)22-19-20-10-11-21-19/h2-9,17,23H,10-11H2,1H3,(H2,20,21,22). The average molecular weight is 321 g/mol. The van der Waals surface area contributed by atoms with E-state index in [4.69, 9.17) is 12.6 Å². The largest absolute Gasteiger partial charge is 0.355 e. The summed E-state index contributed by atoms with van der Waals surface area (Å²) in [6.07, 6.45) is 4.36. The molecule has 0 spiro atoms. The third kappa shape index (κ3) is 2.53. The van der Waals surface area contributed by atoms with E-state index in [-0.39, 0.29) is 6.04 Å². The van der Waals surface area contributed by atoms with Gasteiger partial charge in [-0.05, 0) is 34.7 Å². The second-order valence-electron chi connectivity index (χ2n) is 5.93. The number of rotatable bonds is 1. The van der Waals surface area contributed by atoms with E-state index in [2.05, 4.69) is 71.1 Å². The first-order chi connectivity index (χ1) is 11.2. The van der Waals surface area contributed by atoms with Crippen molar-refractivity contribution in [2.45, 2.75) is 17.9 Å². The molecule has 0 amide bonds. The summed E-state index contributed by atoms with van der Waals surface area (Å²) in [6.45, 7) is 3.82. The van der Waals surface area contributed by atoms with Gasteiger partial charge in [-0.2, -0.15) is 0 Å². The lowest BCUT2D eigenvalue weighted by Gasteiger charge is -2.23. The highest BCUT2D eigenvalue weighted by Crippen LogP contribution is 2.36. The normalized spacial score (nSPS) is 18.5. The molecule has 4 heteroatoms. The number of thiol groups is 1. The van der Waals surface area contributed by atoms with Crippen molar-refractivity contribution in [3.8, 4) is 0 Å². The van der Waals surface area contributed by atoms with Crippen LogP contribution in [0.5, 0.6) is 0 Å². The van der Waals surface area contributed by atoms with E-state index >= 15 is 0 Å². The Bertz CT molecular complexity index is 823.